The van der Waals surface area contributed by atoms with Crippen molar-refractivity contribution in [3.8, 4) is 23.0 Å². The average Bonchev–Trinajstić information content (AvgIpc) is 2.94. The number of carbonyl (C=O) groups excluding carboxylic acids is 2. The maximum absolute atomic E-state index is 13.9. The molecule has 8 heteroatoms. The number of hydrogen-bond acceptors (Lipinski definition) is 8. The fourth-order valence-electron chi connectivity index (χ4n) is 5.56. The smallest absolute Gasteiger partial charge is 0.336 e. The molecule has 0 N–H and O–H groups in total. The lowest BCUT2D eigenvalue weighted by molar-refractivity contribution is -0.139. The molecule has 1 aliphatic carbocycles. The lowest BCUT2D eigenvalue weighted by Gasteiger charge is -2.38. The number of carbonyl (C=O) groups is 2. The van der Waals surface area contributed by atoms with E-state index < -0.39 is 17.8 Å². The van der Waals surface area contributed by atoms with Crippen LogP contribution in [0.2, 0.25) is 0 Å². The SMILES string of the molecule is CCCOc1ccc([C@H]2C(C(=O)OCC)=C(C)N=C3C[C@H](c4ccc(OC)c(OC)c4)CC(=O)C32)cc1OC. The Morgan fingerprint density at radius 2 is 1.51 bits per heavy atom. The van der Waals surface area contributed by atoms with Crippen molar-refractivity contribution in [1.82, 2.24) is 0 Å². The Labute approximate surface area is 230 Å². The topological polar surface area (TPSA) is 92.7 Å². The summed E-state index contributed by atoms with van der Waals surface area (Å²) >= 11 is 0. The number of hydrogen-bond donors (Lipinski definition) is 0. The molecule has 0 radical (unpaired) electrons. The Bertz CT molecular complexity index is 1300. The van der Waals surface area contributed by atoms with E-state index in [-0.39, 0.29) is 18.3 Å². The van der Waals surface area contributed by atoms with Gasteiger partial charge in [-0.25, -0.2) is 4.79 Å². The monoisotopic (exact) mass is 535 g/mol. The Balaban J connectivity index is 1.77. The quantitative estimate of drug-likeness (QED) is 0.364. The van der Waals surface area contributed by atoms with E-state index in [1.807, 2.05) is 50.2 Å². The fraction of sp³-hybridized carbons (Fsp3) is 0.452. The molecular weight excluding hydrogens is 498 g/mol. The molecule has 0 spiro atoms. The summed E-state index contributed by atoms with van der Waals surface area (Å²) in [6.07, 6.45) is 1.77. The van der Waals surface area contributed by atoms with Gasteiger partial charge in [0.05, 0.1) is 46.0 Å². The summed E-state index contributed by atoms with van der Waals surface area (Å²) in [5.74, 6) is 0.824. The molecule has 39 heavy (non-hydrogen) atoms. The predicted octanol–water partition coefficient (Wildman–Crippen LogP) is 5.64. The number of ketones is 1. The summed E-state index contributed by atoms with van der Waals surface area (Å²) in [7, 11) is 4.77. The van der Waals surface area contributed by atoms with Crippen LogP contribution in [0, 0.1) is 5.92 Å². The summed E-state index contributed by atoms with van der Waals surface area (Å²) in [5, 5.41) is 0. The van der Waals surface area contributed by atoms with E-state index in [1.165, 1.54) is 0 Å². The molecular formula is C31H37NO7. The number of fused-ring (bicyclic) bond motifs is 1. The molecule has 0 saturated heterocycles. The van der Waals surface area contributed by atoms with Gasteiger partial charge >= 0.3 is 5.97 Å². The normalized spacial score (nSPS) is 20.6. The maximum atomic E-state index is 13.9. The Morgan fingerprint density at radius 1 is 0.872 bits per heavy atom. The Kier molecular flexibility index (Phi) is 8.94. The number of esters is 1. The summed E-state index contributed by atoms with van der Waals surface area (Å²) in [6, 6.07) is 11.3. The highest BCUT2D eigenvalue weighted by Crippen LogP contribution is 2.48. The number of Topliss-reactive ketones (excluding diaryl/α,β-unsaturated/α-hetero) is 1. The van der Waals surface area contributed by atoms with Gasteiger partial charge in [-0.1, -0.05) is 19.1 Å². The highest BCUT2D eigenvalue weighted by Gasteiger charge is 2.46. The minimum absolute atomic E-state index is 0.0318. The van der Waals surface area contributed by atoms with Crippen LogP contribution < -0.4 is 18.9 Å². The van der Waals surface area contributed by atoms with Crippen molar-refractivity contribution < 1.29 is 33.3 Å². The van der Waals surface area contributed by atoms with Gasteiger partial charge in [0, 0.05) is 23.7 Å². The van der Waals surface area contributed by atoms with Crippen LogP contribution in [0.3, 0.4) is 0 Å². The van der Waals surface area contributed by atoms with E-state index in [0.717, 1.165) is 23.3 Å². The largest absolute Gasteiger partial charge is 0.493 e. The lowest BCUT2D eigenvalue weighted by Crippen LogP contribution is -2.41. The number of aliphatic imine (C=N–C) groups is 1. The van der Waals surface area contributed by atoms with Crippen LogP contribution >= 0.6 is 0 Å². The zero-order valence-electron chi connectivity index (χ0n) is 23.5. The van der Waals surface area contributed by atoms with Crippen molar-refractivity contribution in [2.24, 2.45) is 10.9 Å². The van der Waals surface area contributed by atoms with Crippen molar-refractivity contribution in [1.29, 1.82) is 0 Å². The molecule has 3 atom stereocenters. The first-order valence-electron chi connectivity index (χ1n) is 13.4. The van der Waals surface area contributed by atoms with Gasteiger partial charge in [0.15, 0.2) is 23.0 Å². The Morgan fingerprint density at radius 3 is 2.18 bits per heavy atom. The van der Waals surface area contributed by atoms with Crippen LogP contribution in [0.25, 0.3) is 0 Å². The van der Waals surface area contributed by atoms with Crippen molar-refractivity contribution in [2.45, 2.75) is 51.9 Å². The van der Waals surface area contributed by atoms with Crippen LogP contribution in [-0.2, 0) is 14.3 Å². The van der Waals surface area contributed by atoms with E-state index in [2.05, 4.69) is 0 Å². The second-order valence-electron chi connectivity index (χ2n) is 9.72. The molecule has 1 saturated carbocycles. The summed E-state index contributed by atoms with van der Waals surface area (Å²) in [4.78, 5) is 31.9. The summed E-state index contributed by atoms with van der Waals surface area (Å²) in [5.41, 5.74) is 3.51. The number of methoxy groups -OCH3 is 3. The second-order valence-corrected chi connectivity index (χ2v) is 9.72. The van der Waals surface area contributed by atoms with Crippen molar-refractivity contribution in [3.05, 3.63) is 58.8 Å². The van der Waals surface area contributed by atoms with Gasteiger partial charge in [-0.05, 0) is 68.0 Å². The van der Waals surface area contributed by atoms with Gasteiger partial charge < -0.3 is 23.7 Å². The number of allylic oxidation sites excluding steroid dienone is 1. The molecule has 1 fully saturated rings. The molecule has 0 bridgehead atoms. The molecule has 0 aromatic heterocycles. The van der Waals surface area contributed by atoms with Crippen LogP contribution in [0.5, 0.6) is 23.0 Å². The van der Waals surface area contributed by atoms with E-state index in [4.69, 9.17) is 28.7 Å². The predicted molar refractivity (Wildman–Crippen MR) is 148 cm³/mol. The first-order valence-corrected chi connectivity index (χ1v) is 13.4. The van der Waals surface area contributed by atoms with Crippen molar-refractivity contribution in [3.63, 3.8) is 0 Å². The van der Waals surface area contributed by atoms with Crippen molar-refractivity contribution >= 4 is 17.5 Å². The van der Waals surface area contributed by atoms with E-state index in [9.17, 15) is 9.59 Å². The van der Waals surface area contributed by atoms with Crippen LogP contribution in [-0.4, -0.2) is 52.0 Å². The number of benzene rings is 2. The van der Waals surface area contributed by atoms with Gasteiger partial charge in [0.2, 0.25) is 0 Å². The van der Waals surface area contributed by atoms with Crippen molar-refractivity contribution in [2.75, 3.05) is 34.5 Å². The van der Waals surface area contributed by atoms with Gasteiger partial charge in [0.1, 0.15) is 5.78 Å². The standard InChI is InChI=1S/C31H37NO7/c1-7-13-39-25-12-10-20(17-27(25)37-6)29-28(31(34)38-8-2)18(3)32-22-14-21(15-23(33)30(22)29)19-9-11-24(35-4)26(16-19)36-5/h9-12,16-17,21,29-30H,7-8,13-15H2,1-6H3/t21-,29-,30?/m0/s1. The van der Waals surface area contributed by atoms with E-state index >= 15 is 0 Å². The van der Waals surface area contributed by atoms with E-state index in [1.54, 1.807) is 28.3 Å². The highest BCUT2D eigenvalue weighted by molar-refractivity contribution is 6.12. The molecule has 1 aliphatic heterocycles. The summed E-state index contributed by atoms with van der Waals surface area (Å²) in [6.45, 7) is 6.40. The minimum Gasteiger partial charge on any atom is -0.493 e. The minimum atomic E-state index is -0.573. The van der Waals surface area contributed by atoms with Crippen LogP contribution in [0.1, 0.15) is 63.0 Å². The molecule has 4 rings (SSSR count). The third kappa shape index (κ3) is 5.65. The molecule has 2 aromatic rings. The van der Waals surface area contributed by atoms with Gasteiger partial charge in [-0.2, -0.15) is 0 Å². The first-order chi connectivity index (χ1) is 18.9. The number of nitrogens with zero attached hydrogens (tertiary/aromatic N) is 1. The molecule has 1 unspecified atom stereocenters. The molecule has 2 aromatic carbocycles. The number of rotatable bonds is 10. The molecule has 0 amide bonds. The zero-order chi connectivity index (χ0) is 28.1. The Hall–Kier alpha value is -3.81. The summed E-state index contributed by atoms with van der Waals surface area (Å²) < 4.78 is 27.8. The van der Waals surface area contributed by atoms with Gasteiger partial charge in [0.25, 0.3) is 0 Å². The second kappa shape index (κ2) is 12.4. The molecule has 1 heterocycles. The molecule has 8 nitrogen and oxygen atoms in total. The number of ether oxygens (including phenoxy) is 5. The third-order valence-electron chi connectivity index (χ3n) is 7.34. The molecule has 208 valence electrons. The third-order valence-corrected chi connectivity index (χ3v) is 7.34. The van der Waals surface area contributed by atoms with Crippen LogP contribution in [0.4, 0.5) is 0 Å². The fourth-order valence-corrected chi connectivity index (χ4v) is 5.56. The lowest BCUT2D eigenvalue weighted by atomic mass is 9.66. The van der Waals surface area contributed by atoms with Gasteiger partial charge in [-0.15, -0.1) is 0 Å². The molecule has 2 aliphatic rings. The zero-order valence-corrected chi connectivity index (χ0v) is 23.5. The highest BCUT2D eigenvalue weighted by atomic mass is 16.5. The van der Waals surface area contributed by atoms with Gasteiger partial charge in [-0.3, -0.25) is 9.79 Å². The van der Waals surface area contributed by atoms with Crippen LogP contribution in [0.15, 0.2) is 52.7 Å². The average molecular weight is 536 g/mol. The maximum Gasteiger partial charge on any atom is 0.336 e. The first kappa shape index (κ1) is 28.2. The van der Waals surface area contributed by atoms with E-state index in [0.29, 0.717) is 53.7 Å².